The van der Waals surface area contributed by atoms with E-state index in [9.17, 15) is 0 Å². The standard InChI is InChI=1S/C16H29N5O2/c1-21(9-4-3-8-20-16(18)19)12-13-11-14(22-2)5-6-15(13)23-10-7-17/h5-6,11H,3-4,7-10,12,17H2,1-2H3,(H4,18,19,20). The molecule has 1 aromatic carbocycles. The predicted molar refractivity (Wildman–Crippen MR) is 93.8 cm³/mol. The smallest absolute Gasteiger partial charge is 0.185 e. The van der Waals surface area contributed by atoms with Crippen molar-refractivity contribution in [2.45, 2.75) is 19.4 Å². The van der Waals surface area contributed by atoms with Gasteiger partial charge in [-0.05, 0) is 44.6 Å². The normalized spacial score (nSPS) is 10.6. The molecule has 7 nitrogen and oxygen atoms in total. The minimum atomic E-state index is 0.149. The van der Waals surface area contributed by atoms with Gasteiger partial charge in [0.05, 0.1) is 7.11 Å². The zero-order valence-corrected chi connectivity index (χ0v) is 14.1. The highest BCUT2D eigenvalue weighted by Gasteiger charge is 2.09. The van der Waals surface area contributed by atoms with Crippen molar-refractivity contribution in [1.82, 2.24) is 4.90 Å². The van der Waals surface area contributed by atoms with Crippen LogP contribution in [0, 0.1) is 0 Å². The SMILES string of the molecule is COc1ccc(OCCN)c(CN(C)CCCCN=C(N)N)c1. The molecular weight excluding hydrogens is 294 g/mol. The number of benzene rings is 1. The lowest BCUT2D eigenvalue weighted by Crippen LogP contribution is -2.23. The zero-order valence-electron chi connectivity index (χ0n) is 14.1. The Morgan fingerprint density at radius 2 is 2.04 bits per heavy atom. The number of unbranched alkanes of at least 4 members (excludes halogenated alkanes) is 1. The predicted octanol–water partition coefficient (Wildman–Crippen LogP) is 0.518. The molecule has 0 spiro atoms. The van der Waals surface area contributed by atoms with Crippen LogP contribution in [0.1, 0.15) is 18.4 Å². The number of nitrogens with zero attached hydrogens (tertiary/aromatic N) is 2. The van der Waals surface area contributed by atoms with Crippen molar-refractivity contribution in [3.8, 4) is 11.5 Å². The Balaban J connectivity index is 2.54. The number of hydrogen-bond acceptors (Lipinski definition) is 5. The summed E-state index contributed by atoms with van der Waals surface area (Å²) in [6, 6.07) is 5.82. The molecule has 0 heterocycles. The van der Waals surface area contributed by atoms with E-state index in [1.807, 2.05) is 18.2 Å². The van der Waals surface area contributed by atoms with E-state index in [1.165, 1.54) is 0 Å². The molecule has 23 heavy (non-hydrogen) atoms. The van der Waals surface area contributed by atoms with Gasteiger partial charge >= 0.3 is 0 Å². The third-order valence-corrected chi connectivity index (χ3v) is 3.33. The molecule has 0 saturated heterocycles. The summed E-state index contributed by atoms with van der Waals surface area (Å²) in [4.78, 5) is 6.22. The number of nitrogens with two attached hydrogens (primary N) is 3. The first-order valence-corrected chi connectivity index (χ1v) is 7.80. The lowest BCUT2D eigenvalue weighted by Gasteiger charge is -2.19. The molecule has 1 aromatic rings. The molecule has 0 fully saturated rings. The third-order valence-electron chi connectivity index (χ3n) is 3.33. The summed E-state index contributed by atoms with van der Waals surface area (Å²) in [6.07, 6.45) is 1.98. The minimum Gasteiger partial charge on any atom is -0.497 e. The minimum absolute atomic E-state index is 0.149. The van der Waals surface area contributed by atoms with Crippen LogP contribution in [0.2, 0.25) is 0 Å². The molecule has 1 rings (SSSR count). The van der Waals surface area contributed by atoms with E-state index in [4.69, 9.17) is 26.7 Å². The van der Waals surface area contributed by atoms with Gasteiger partial charge in [-0.25, -0.2) is 0 Å². The molecule has 7 heteroatoms. The van der Waals surface area contributed by atoms with Crippen molar-refractivity contribution >= 4 is 5.96 Å². The van der Waals surface area contributed by atoms with Gasteiger partial charge in [0.25, 0.3) is 0 Å². The molecule has 0 saturated carbocycles. The number of hydrogen-bond donors (Lipinski definition) is 3. The first-order valence-electron chi connectivity index (χ1n) is 7.80. The Kier molecular flexibility index (Phi) is 8.86. The van der Waals surface area contributed by atoms with Gasteiger partial charge in [-0.2, -0.15) is 0 Å². The average molecular weight is 323 g/mol. The van der Waals surface area contributed by atoms with Gasteiger partial charge in [0.2, 0.25) is 0 Å². The summed E-state index contributed by atoms with van der Waals surface area (Å²) in [5, 5.41) is 0. The van der Waals surface area contributed by atoms with E-state index in [1.54, 1.807) is 7.11 Å². The maximum absolute atomic E-state index is 5.70. The summed E-state index contributed by atoms with van der Waals surface area (Å²) in [6.45, 7) is 3.39. The van der Waals surface area contributed by atoms with Crippen molar-refractivity contribution in [3.63, 3.8) is 0 Å². The Morgan fingerprint density at radius 1 is 1.26 bits per heavy atom. The highest BCUT2D eigenvalue weighted by Crippen LogP contribution is 2.25. The van der Waals surface area contributed by atoms with Crippen LogP contribution in [0.5, 0.6) is 11.5 Å². The molecule has 0 aliphatic rings. The van der Waals surface area contributed by atoms with E-state index in [0.29, 0.717) is 19.7 Å². The highest BCUT2D eigenvalue weighted by molar-refractivity contribution is 5.75. The molecular formula is C16H29N5O2. The van der Waals surface area contributed by atoms with Gasteiger partial charge in [-0.3, -0.25) is 4.99 Å². The van der Waals surface area contributed by atoms with Crippen LogP contribution < -0.4 is 26.7 Å². The lowest BCUT2D eigenvalue weighted by atomic mass is 10.1. The van der Waals surface area contributed by atoms with Gasteiger partial charge < -0.3 is 31.6 Å². The summed E-state index contributed by atoms with van der Waals surface area (Å²) in [7, 11) is 3.74. The number of methoxy groups -OCH3 is 1. The molecule has 0 bridgehead atoms. The van der Waals surface area contributed by atoms with E-state index in [2.05, 4.69) is 16.9 Å². The fourth-order valence-electron chi connectivity index (χ4n) is 2.19. The van der Waals surface area contributed by atoms with Crippen LogP contribution in [0.25, 0.3) is 0 Å². The monoisotopic (exact) mass is 323 g/mol. The Bertz CT molecular complexity index is 489. The molecule has 130 valence electrons. The second kappa shape index (κ2) is 10.7. The summed E-state index contributed by atoms with van der Waals surface area (Å²) in [5.41, 5.74) is 17.2. The average Bonchev–Trinajstić information content (AvgIpc) is 2.53. The fourth-order valence-corrected chi connectivity index (χ4v) is 2.19. The number of aliphatic imine (C=N–C) groups is 1. The van der Waals surface area contributed by atoms with Crippen LogP contribution in [-0.2, 0) is 6.54 Å². The largest absolute Gasteiger partial charge is 0.497 e. The van der Waals surface area contributed by atoms with Gasteiger partial charge in [0.1, 0.15) is 18.1 Å². The second-order valence-corrected chi connectivity index (χ2v) is 5.36. The Hall–Kier alpha value is -1.99. The van der Waals surface area contributed by atoms with Crippen molar-refractivity contribution in [2.24, 2.45) is 22.2 Å². The molecule has 6 N–H and O–H groups in total. The topological polar surface area (TPSA) is 112 Å². The highest BCUT2D eigenvalue weighted by atomic mass is 16.5. The van der Waals surface area contributed by atoms with Crippen molar-refractivity contribution in [2.75, 3.05) is 40.4 Å². The van der Waals surface area contributed by atoms with Crippen LogP contribution >= 0.6 is 0 Å². The number of guanidine groups is 1. The maximum Gasteiger partial charge on any atom is 0.185 e. The van der Waals surface area contributed by atoms with Crippen molar-refractivity contribution < 1.29 is 9.47 Å². The summed E-state index contributed by atoms with van der Waals surface area (Å²) < 4.78 is 11.0. The maximum atomic E-state index is 5.70. The van der Waals surface area contributed by atoms with Crippen LogP contribution in [-0.4, -0.2) is 51.3 Å². The van der Waals surface area contributed by atoms with Crippen LogP contribution in [0.3, 0.4) is 0 Å². The van der Waals surface area contributed by atoms with Crippen molar-refractivity contribution in [3.05, 3.63) is 23.8 Å². The van der Waals surface area contributed by atoms with Crippen LogP contribution in [0.4, 0.5) is 0 Å². The van der Waals surface area contributed by atoms with Crippen molar-refractivity contribution in [1.29, 1.82) is 0 Å². The molecule has 0 unspecified atom stereocenters. The van der Waals surface area contributed by atoms with Gasteiger partial charge in [0, 0.05) is 25.2 Å². The molecule has 0 aliphatic carbocycles. The molecule has 0 amide bonds. The summed E-state index contributed by atoms with van der Waals surface area (Å²) in [5.74, 6) is 1.82. The van der Waals surface area contributed by atoms with Crippen LogP contribution in [0.15, 0.2) is 23.2 Å². The number of rotatable bonds is 11. The van der Waals surface area contributed by atoms with Gasteiger partial charge in [-0.1, -0.05) is 0 Å². The molecule has 0 radical (unpaired) electrons. The first kappa shape index (κ1) is 19.1. The molecule has 0 aromatic heterocycles. The fraction of sp³-hybridized carbons (Fsp3) is 0.562. The molecule has 0 atom stereocenters. The van der Waals surface area contributed by atoms with E-state index < -0.39 is 0 Å². The van der Waals surface area contributed by atoms with E-state index >= 15 is 0 Å². The lowest BCUT2D eigenvalue weighted by molar-refractivity contribution is 0.293. The quantitative estimate of drug-likeness (QED) is 0.311. The molecule has 0 aliphatic heterocycles. The summed E-state index contributed by atoms with van der Waals surface area (Å²) >= 11 is 0. The van der Waals surface area contributed by atoms with Gasteiger partial charge in [0.15, 0.2) is 5.96 Å². The zero-order chi connectivity index (χ0) is 17.1. The second-order valence-electron chi connectivity index (χ2n) is 5.36. The number of ether oxygens (including phenoxy) is 2. The van der Waals surface area contributed by atoms with Gasteiger partial charge in [-0.15, -0.1) is 0 Å². The Morgan fingerprint density at radius 3 is 2.70 bits per heavy atom. The van der Waals surface area contributed by atoms with E-state index in [-0.39, 0.29) is 5.96 Å². The third kappa shape index (κ3) is 7.71. The van der Waals surface area contributed by atoms with E-state index in [0.717, 1.165) is 43.0 Å². The Labute approximate surface area is 138 Å². The first-order chi connectivity index (χ1) is 11.1.